The van der Waals surface area contributed by atoms with Crippen LogP contribution in [0.3, 0.4) is 0 Å². The molecular formula is C14H17NO4. The Kier molecular flexibility index (Phi) is 3.57. The molecule has 2 rings (SSSR count). The van der Waals surface area contributed by atoms with Crippen LogP contribution in [0.4, 0.5) is 0 Å². The molecule has 0 radical (unpaired) electrons. The molecule has 1 aliphatic heterocycles. The summed E-state index contributed by atoms with van der Waals surface area (Å²) < 4.78 is 0. The number of β-amino-alcohol motifs (C(OH)–C–C–N with tert-alkyl or cyclic N) is 1. The van der Waals surface area contributed by atoms with E-state index in [9.17, 15) is 14.7 Å². The van der Waals surface area contributed by atoms with Crippen LogP contribution in [-0.4, -0.2) is 45.7 Å². The van der Waals surface area contributed by atoms with Gasteiger partial charge in [0.2, 0.25) is 0 Å². The number of hydrogen-bond donors (Lipinski definition) is 2. The predicted octanol–water partition coefficient (Wildman–Crippen LogP) is 0.963. The van der Waals surface area contributed by atoms with Gasteiger partial charge in [-0.1, -0.05) is 17.7 Å². The van der Waals surface area contributed by atoms with Gasteiger partial charge in [-0.05, 0) is 25.5 Å². The fraction of sp³-hybridized carbons (Fsp3) is 0.429. The highest BCUT2D eigenvalue weighted by Crippen LogP contribution is 2.22. The van der Waals surface area contributed by atoms with Crippen molar-refractivity contribution in [3.8, 4) is 0 Å². The van der Waals surface area contributed by atoms with Crippen molar-refractivity contribution in [2.45, 2.75) is 32.4 Å². The van der Waals surface area contributed by atoms with Crippen LogP contribution < -0.4 is 0 Å². The summed E-state index contributed by atoms with van der Waals surface area (Å²) in [5, 5.41) is 18.7. The van der Waals surface area contributed by atoms with Crippen molar-refractivity contribution in [2.75, 3.05) is 6.54 Å². The molecule has 2 atom stereocenters. The molecule has 0 aliphatic carbocycles. The molecule has 1 aliphatic rings. The minimum absolute atomic E-state index is 0.0725. The Labute approximate surface area is 111 Å². The number of carbonyl (C=O) groups is 2. The average molecular weight is 263 g/mol. The molecule has 2 N–H and O–H groups in total. The highest BCUT2D eigenvalue weighted by atomic mass is 16.4. The predicted molar refractivity (Wildman–Crippen MR) is 69.0 cm³/mol. The van der Waals surface area contributed by atoms with E-state index in [-0.39, 0.29) is 18.9 Å². The van der Waals surface area contributed by atoms with E-state index in [2.05, 4.69) is 0 Å². The summed E-state index contributed by atoms with van der Waals surface area (Å²) in [6, 6.07) is 4.47. The Morgan fingerprint density at radius 3 is 2.58 bits per heavy atom. The molecule has 1 aromatic rings. The van der Waals surface area contributed by atoms with Gasteiger partial charge in [0, 0.05) is 18.5 Å². The molecule has 0 unspecified atom stereocenters. The summed E-state index contributed by atoms with van der Waals surface area (Å²) in [7, 11) is 0. The standard InChI is InChI=1S/C14H17NO4/c1-8-3-4-11(9(2)5-8)13(17)15-7-10(16)6-12(15)14(18)19/h3-5,10,12,16H,6-7H2,1-2H3,(H,18,19)/t10-,12-/m1/s1. The lowest BCUT2D eigenvalue weighted by Gasteiger charge is -2.22. The van der Waals surface area contributed by atoms with Crippen LogP contribution in [-0.2, 0) is 4.79 Å². The van der Waals surface area contributed by atoms with Crippen molar-refractivity contribution in [1.29, 1.82) is 0 Å². The number of amides is 1. The third-order valence-corrected chi connectivity index (χ3v) is 3.44. The monoisotopic (exact) mass is 263 g/mol. The van der Waals surface area contributed by atoms with Gasteiger partial charge in [-0.3, -0.25) is 4.79 Å². The number of aliphatic hydroxyl groups is 1. The van der Waals surface area contributed by atoms with Gasteiger partial charge in [-0.15, -0.1) is 0 Å². The number of carboxylic acids is 1. The first-order valence-corrected chi connectivity index (χ1v) is 6.19. The molecule has 5 heteroatoms. The molecule has 19 heavy (non-hydrogen) atoms. The maximum absolute atomic E-state index is 12.4. The van der Waals surface area contributed by atoms with E-state index in [4.69, 9.17) is 5.11 Å². The number of hydrogen-bond acceptors (Lipinski definition) is 3. The smallest absolute Gasteiger partial charge is 0.326 e. The van der Waals surface area contributed by atoms with Crippen molar-refractivity contribution in [3.05, 3.63) is 34.9 Å². The van der Waals surface area contributed by atoms with E-state index < -0.39 is 18.1 Å². The molecule has 1 aromatic carbocycles. The van der Waals surface area contributed by atoms with E-state index >= 15 is 0 Å². The van der Waals surface area contributed by atoms with Gasteiger partial charge in [-0.2, -0.15) is 0 Å². The van der Waals surface area contributed by atoms with E-state index in [1.807, 2.05) is 26.0 Å². The van der Waals surface area contributed by atoms with E-state index in [0.717, 1.165) is 11.1 Å². The van der Waals surface area contributed by atoms with Crippen LogP contribution in [0, 0.1) is 13.8 Å². The molecule has 0 spiro atoms. The third-order valence-electron chi connectivity index (χ3n) is 3.44. The van der Waals surface area contributed by atoms with Crippen LogP contribution in [0.25, 0.3) is 0 Å². The molecule has 1 fully saturated rings. The van der Waals surface area contributed by atoms with Gasteiger partial charge >= 0.3 is 5.97 Å². The molecule has 102 valence electrons. The quantitative estimate of drug-likeness (QED) is 0.833. The number of carbonyl (C=O) groups excluding carboxylic acids is 1. The minimum atomic E-state index is -1.07. The number of aliphatic carboxylic acids is 1. The normalized spacial score (nSPS) is 22.6. The molecule has 0 aromatic heterocycles. The first-order chi connectivity index (χ1) is 8.90. The second-order valence-corrected chi connectivity index (χ2v) is 5.02. The Morgan fingerprint density at radius 1 is 1.32 bits per heavy atom. The van der Waals surface area contributed by atoms with Gasteiger partial charge in [0.25, 0.3) is 5.91 Å². The van der Waals surface area contributed by atoms with Crippen LogP contribution in [0.1, 0.15) is 27.9 Å². The summed E-state index contributed by atoms with van der Waals surface area (Å²) in [4.78, 5) is 24.8. The van der Waals surface area contributed by atoms with E-state index in [0.29, 0.717) is 5.56 Å². The Balaban J connectivity index is 2.30. The third kappa shape index (κ3) is 2.61. The summed E-state index contributed by atoms with van der Waals surface area (Å²) >= 11 is 0. The topological polar surface area (TPSA) is 77.8 Å². The number of aliphatic hydroxyl groups excluding tert-OH is 1. The number of rotatable bonds is 2. The van der Waals surface area contributed by atoms with Crippen molar-refractivity contribution in [3.63, 3.8) is 0 Å². The van der Waals surface area contributed by atoms with Gasteiger partial charge in [-0.25, -0.2) is 4.79 Å². The highest BCUT2D eigenvalue weighted by Gasteiger charge is 2.39. The first kappa shape index (κ1) is 13.5. The molecule has 0 bridgehead atoms. The fourth-order valence-corrected chi connectivity index (χ4v) is 2.48. The number of nitrogens with zero attached hydrogens (tertiary/aromatic N) is 1. The maximum atomic E-state index is 12.4. The van der Waals surface area contributed by atoms with Crippen molar-refractivity contribution < 1.29 is 19.8 Å². The van der Waals surface area contributed by atoms with Crippen LogP contribution >= 0.6 is 0 Å². The minimum Gasteiger partial charge on any atom is -0.480 e. The summed E-state index contributed by atoms with van der Waals surface area (Å²) in [6.07, 6.45) is -0.679. The lowest BCUT2D eigenvalue weighted by atomic mass is 10.0. The van der Waals surface area contributed by atoms with Crippen molar-refractivity contribution in [2.24, 2.45) is 0 Å². The summed E-state index contributed by atoms with van der Waals surface area (Å²) in [6.45, 7) is 3.83. The van der Waals surface area contributed by atoms with Gasteiger partial charge in [0.05, 0.1) is 6.10 Å². The fourth-order valence-electron chi connectivity index (χ4n) is 2.48. The Hall–Kier alpha value is -1.88. The van der Waals surface area contributed by atoms with Crippen molar-refractivity contribution in [1.82, 2.24) is 4.90 Å². The number of carboxylic acid groups (broad SMARTS) is 1. The van der Waals surface area contributed by atoms with Crippen LogP contribution in [0.2, 0.25) is 0 Å². The zero-order chi connectivity index (χ0) is 14.2. The average Bonchev–Trinajstić information content (AvgIpc) is 2.70. The van der Waals surface area contributed by atoms with Crippen LogP contribution in [0.15, 0.2) is 18.2 Å². The SMILES string of the molecule is Cc1ccc(C(=O)N2C[C@H](O)C[C@@H]2C(=O)O)c(C)c1. The van der Waals surface area contributed by atoms with Gasteiger partial charge in [0.1, 0.15) is 6.04 Å². The Morgan fingerprint density at radius 2 is 2.00 bits per heavy atom. The zero-order valence-corrected chi connectivity index (χ0v) is 11.0. The molecule has 1 heterocycles. The van der Waals surface area contributed by atoms with Crippen LogP contribution in [0.5, 0.6) is 0 Å². The molecular weight excluding hydrogens is 246 g/mol. The van der Waals surface area contributed by atoms with Crippen molar-refractivity contribution >= 4 is 11.9 Å². The molecule has 0 saturated carbocycles. The molecule has 5 nitrogen and oxygen atoms in total. The largest absolute Gasteiger partial charge is 0.480 e. The number of benzene rings is 1. The number of likely N-dealkylation sites (tertiary alicyclic amines) is 1. The maximum Gasteiger partial charge on any atom is 0.326 e. The second kappa shape index (κ2) is 5.01. The molecule has 1 saturated heterocycles. The lowest BCUT2D eigenvalue weighted by Crippen LogP contribution is -2.40. The lowest BCUT2D eigenvalue weighted by molar-refractivity contribution is -0.141. The highest BCUT2D eigenvalue weighted by molar-refractivity contribution is 5.98. The second-order valence-electron chi connectivity index (χ2n) is 5.02. The summed E-state index contributed by atoms with van der Waals surface area (Å²) in [5.41, 5.74) is 2.35. The van der Waals surface area contributed by atoms with Gasteiger partial charge < -0.3 is 15.1 Å². The van der Waals surface area contributed by atoms with E-state index in [1.54, 1.807) is 6.07 Å². The molecule has 1 amide bonds. The van der Waals surface area contributed by atoms with Gasteiger partial charge in [0.15, 0.2) is 0 Å². The van der Waals surface area contributed by atoms with E-state index in [1.165, 1.54) is 4.90 Å². The first-order valence-electron chi connectivity index (χ1n) is 6.19. The summed E-state index contributed by atoms with van der Waals surface area (Å²) in [5.74, 6) is -1.41. The zero-order valence-electron chi connectivity index (χ0n) is 11.0. The Bertz CT molecular complexity index is 526. The number of aryl methyl sites for hydroxylation is 2.